The molecule has 0 aromatic heterocycles. The molecule has 1 atom stereocenters. The zero-order valence-electron chi connectivity index (χ0n) is 11.4. The van der Waals surface area contributed by atoms with Gasteiger partial charge >= 0.3 is 0 Å². The van der Waals surface area contributed by atoms with Crippen LogP contribution in [0.5, 0.6) is 0 Å². The van der Waals surface area contributed by atoms with Gasteiger partial charge in [0.15, 0.2) is 0 Å². The van der Waals surface area contributed by atoms with Crippen LogP contribution in [0, 0.1) is 18.3 Å². The van der Waals surface area contributed by atoms with Crippen LogP contribution >= 0.6 is 0 Å². The van der Waals surface area contributed by atoms with Crippen LogP contribution in [0.1, 0.15) is 24.0 Å². The summed E-state index contributed by atoms with van der Waals surface area (Å²) in [5.74, 6) is 0. The Hall–Kier alpha value is -1.57. The Bertz CT molecular complexity index is 461. The van der Waals surface area contributed by atoms with Gasteiger partial charge in [-0.2, -0.15) is 5.26 Å². The molecule has 2 N–H and O–H groups in total. The number of aliphatic hydroxyl groups excluding tert-OH is 1. The first-order valence-electron chi connectivity index (χ1n) is 6.84. The molecule has 1 aromatic rings. The van der Waals surface area contributed by atoms with Crippen molar-refractivity contribution in [3.05, 3.63) is 29.3 Å². The highest BCUT2D eigenvalue weighted by Gasteiger charge is 2.19. The lowest BCUT2D eigenvalue weighted by Crippen LogP contribution is -2.39. The first-order chi connectivity index (χ1) is 9.24. The van der Waals surface area contributed by atoms with E-state index >= 15 is 0 Å². The Balaban J connectivity index is 2.20. The third-order valence-corrected chi connectivity index (χ3v) is 3.59. The number of aryl methyl sites for hydroxylation is 1. The van der Waals surface area contributed by atoms with Crippen LogP contribution in [-0.2, 0) is 0 Å². The van der Waals surface area contributed by atoms with Gasteiger partial charge in [-0.25, -0.2) is 0 Å². The molecular formula is C15H21N3O. The van der Waals surface area contributed by atoms with Crippen LogP contribution in [0.15, 0.2) is 18.2 Å². The zero-order valence-corrected chi connectivity index (χ0v) is 11.4. The second kappa shape index (κ2) is 6.55. The van der Waals surface area contributed by atoms with Crippen molar-refractivity contribution in [1.29, 1.82) is 5.26 Å². The van der Waals surface area contributed by atoms with Crippen molar-refractivity contribution in [3.8, 4) is 6.07 Å². The number of anilines is 1. The van der Waals surface area contributed by atoms with Crippen molar-refractivity contribution in [2.45, 2.75) is 25.8 Å². The maximum absolute atomic E-state index is 9.27. The summed E-state index contributed by atoms with van der Waals surface area (Å²) in [6, 6.07) is 8.62. The predicted molar refractivity (Wildman–Crippen MR) is 76.2 cm³/mol. The molecule has 0 spiro atoms. The van der Waals surface area contributed by atoms with Gasteiger partial charge in [0.1, 0.15) is 6.07 Å². The smallest absolute Gasteiger partial charge is 0.101 e. The molecule has 102 valence electrons. The SMILES string of the molecule is Cc1ccc(N(CCO)CC2CCCN2)c(C#N)c1. The molecule has 0 bridgehead atoms. The molecule has 1 aromatic carbocycles. The fourth-order valence-corrected chi connectivity index (χ4v) is 2.62. The molecule has 1 aliphatic heterocycles. The van der Waals surface area contributed by atoms with Crippen molar-refractivity contribution in [2.75, 3.05) is 31.1 Å². The minimum Gasteiger partial charge on any atom is -0.395 e. The standard InChI is InChI=1S/C15H21N3O/c1-12-4-5-15(13(9-12)10-16)18(7-8-19)11-14-3-2-6-17-14/h4-5,9,14,17,19H,2-3,6-8,11H2,1H3. The molecular weight excluding hydrogens is 238 g/mol. The number of rotatable bonds is 5. The van der Waals surface area contributed by atoms with Crippen LogP contribution < -0.4 is 10.2 Å². The lowest BCUT2D eigenvalue weighted by atomic mass is 10.1. The quantitative estimate of drug-likeness (QED) is 0.839. The second-order valence-electron chi connectivity index (χ2n) is 5.10. The van der Waals surface area contributed by atoms with Gasteiger partial charge in [0.25, 0.3) is 0 Å². The van der Waals surface area contributed by atoms with Crippen LogP contribution in [0.2, 0.25) is 0 Å². The van der Waals surface area contributed by atoms with E-state index in [9.17, 15) is 10.4 Å². The summed E-state index contributed by atoms with van der Waals surface area (Å²) in [4.78, 5) is 2.11. The number of aliphatic hydroxyl groups is 1. The van der Waals surface area contributed by atoms with Crippen LogP contribution in [0.3, 0.4) is 0 Å². The van der Waals surface area contributed by atoms with E-state index in [2.05, 4.69) is 16.3 Å². The molecule has 0 radical (unpaired) electrons. The Morgan fingerprint density at radius 3 is 3.00 bits per heavy atom. The van der Waals surface area contributed by atoms with Gasteiger partial charge in [-0.15, -0.1) is 0 Å². The molecule has 0 saturated carbocycles. The minimum atomic E-state index is 0.103. The number of nitrogens with one attached hydrogen (secondary N) is 1. The van der Waals surface area contributed by atoms with Gasteiger partial charge in [-0.1, -0.05) is 6.07 Å². The van der Waals surface area contributed by atoms with E-state index in [1.54, 1.807) is 0 Å². The van der Waals surface area contributed by atoms with Crippen molar-refractivity contribution in [2.24, 2.45) is 0 Å². The number of hydrogen-bond acceptors (Lipinski definition) is 4. The Kier molecular flexibility index (Phi) is 4.78. The maximum atomic E-state index is 9.27. The van der Waals surface area contributed by atoms with Gasteiger partial charge in [0.2, 0.25) is 0 Å². The summed E-state index contributed by atoms with van der Waals surface area (Å²) < 4.78 is 0. The molecule has 0 amide bonds. The van der Waals surface area contributed by atoms with Gasteiger partial charge in [0, 0.05) is 19.1 Å². The maximum Gasteiger partial charge on any atom is 0.101 e. The van der Waals surface area contributed by atoms with Gasteiger partial charge in [-0.05, 0) is 44.0 Å². The normalized spacial score (nSPS) is 18.3. The topological polar surface area (TPSA) is 59.3 Å². The highest BCUT2D eigenvalue weighted by molar-refractivity contribution is 5.60. The van der Waals surface area contributed by atoms with E-state index < -0.39 is 0 Å². The highest BCUT2D eigenvalue weighted by Crippen LogP contribution is 2.22. The Morgan fingerprint density at radius 2 is 2.37 bits per heavy atom. The third-order valence-electron chi connectivity index (χ3n) is 3.59. The third kappa shape index (κ3) is 3.46. The molecule has 1 aliphatic rings. The fraction of sp³-hybridized carbons (Fsp3) is 0.533. The lowest BCUT2D eigenvalue weighted by Gasteiger charge is -2.28. The van der Waals surface area contributed by atoms with Gasteiger partial charge in [0.05, 0.1) is 17.9 Å². The van der Waals surface area contributed by atoms with Crippen LogP contribution in [-0.4, -0.2) is 37.4 Å². The molecule has 4 heteroatoms. The lowest BCUT2D eigenvalue weighted by molar-refractivity contribution is 0.300. The summed E-state index contributed by atoms with van der Waals surface area (Å²) in [7, 11) is 0. The molecule has 4 nitrogen and oxygen atoms in total. The Labute approximate surface area is 114 Å². The minimum absolute atomic E-state index is 0.103. The van der Waals surface area contributed by atoms with Crippen molar-refractivity contribution >= 4 is 5.69 Å². The first kappa shape index (κ1) is 13.9. The molecule has 2 rings (SSSR count). The molecule has 1 fully saturated rings. The van der Waals surface area contributed by atoms with E-state index in [1.165, 1.54) is 6.42 Å². The average Bonchev–Trinajstić information content (AvgIpc) is 2.91. The summed E-state index contributed by atoms with van der Waals surface area (Å²) >= 11 is 0. The number of nitrogens with zero attached hydrogens (tertiary/aromatic N) is 2. The number of benzene rings is 1. The number of nitriles is 1. The van der Waals surface area contributed by atoms with Crippen LogP contribution in [0.25, 0.3) is 0 Å². The molecule has 1 heterocycles. The molecule has 19 heavy (non-hydrogen) atoms. The van der Waals surface area contributed by atoms with E-state index in [4.69, 9.17) is 0 Å². The summed E-state index contributed by atoms with van der Waals surface area (Å²) in [6.45, 7) is 4.57. The molecule has 1 saturated heterocycles. The monoisotopic (exact) mass is 259 g/mol. The molecule has 1 unspecified atom stereocenters. The largest absolute Gasteiger partial charge is 0.395 e. The first-order valence-corrected chi connectivity index (χ1v) is 6.84. The van der Waals surface area contributed by atoms with E-state index in [1.807, 2.05) is 25.1 Å². The van der Waals surface area contributed by atoms with Crippen molar-refractivity contribution < 1.29 is 5.11 Å². The van der Waals surface area contributed by atoms with Crippen LogP contribution in [0.4, 0.5) is 5.69 Å². The van der Waals surface area contributed by atoms with Crippen molar-refractivity contribution in [3.63, 3.8) is 0 Å². The summed E-state index contributed by atoms with van der Waals surface area (Å²) in [5.41, 5.74) is 2.70. The summed E-state index contributed by atoms with van der Waals surface area (Å²) in [5, 5.41) is 22.0. The average molecular weight is 259 g/mol. The predicted octanol–water partition coefficient (Wildman–Crippen LogP) is 1.42. The van der Waals surface area contributed by atoms with Crippen molar-refractivity contribution in [1.82, 2.24) is 5.32 Å². The number of hydrogen-bond donors (Lipinski definition) is 2. The van der Waals surface area contributed by atoms with Gasteiger partial charge < -0.3 is 15.3 Å². The second-order valence-corrected chi connectivity index (χ2v) is 5.10. The van der Waals surface area contributed by atoms with E-state index in [0.29, 0.717) is 18.2 Å². The van der Waals surface area contributed by atoms with E-state index in [0.717, 1.165) is 30.8 Å². The van der Waals surface area contributed by atoms with Gasteiger partial charge in [-0.3, -0.25) is 0 Å². The zero-order chi connectivity index (χ0) is 13.7. The fourth-order valence-electron chi connectivity index (χ4n) is 2.62. The molecule has 0 aliphatic carbocycles. The Morgan fingerprint density at radius 1 is 1.53 bits per heavy atom. The highest BCUT2D eigenvalue weighted by atomic mass is 16.3. The van der Waals surface area contributed by atoms with E-state index in [-0.39, 0.29) is 6.61 Å². The summed E-state index contributed by atoms with van der Waals surface area (Å²) in [6.07, 6.45) is 2.37.